The fourth-order valence-electron chi connectivity index (χ4n) is 0.676. The third-order valence-corrected chi connectivity index (χ3v) is 1.25. The maximum absolute atomic E-state index is 5.36. The molecule has 0 aliphatic carbocycles. The zero-order chi connectivity index (χ0) is 7.33. The second kappa shape index (κ2) is 8.16. The predicted molar refractivity (Wildman–Crippen MR) is 47.0 cm³/mol. The highest BCUT2D eigenvalue weighted by Crippen LogP contribution is 1.91. The number of quaternary nitrogens is 1. The molecule has 0 aliphatic rings. The van der Waals surface area contributed by atoms with Crippen LogP contribution in [0.2, 0.25) is 0 Å². The lowest BCUT2D eigenvalue weighted by atomic mass is 10.4. The Kier molecular flexibility index (Phi) is 12.8. The van der Waals surface area contributed by atoms with Crippen molar-refractivity contribution >= 4 is 12.4 Å². The van der Waals surface area contributed by atoms with Gasteiger partial charge in [0.15, 0.2) is 0 Å². The average Bonchev–Trinajstić information content (AvgIpc) is 1.64. The highest BCUT2D eigenvalue weighted by Gasteiger charge is 2.09. The van der Waals surface area contributed by atoms with Gasteiger partial charge in [0.1, 0.15) is 6.54 Å². The minimum absolute atomic E-state index is 0. The fraction of sp³-hybridized carbons (Fsp3) is 0.714. The summed E-state index contributed by atoms with van der Waals surface area (Å²) in [7, 11) is 4.15. The standard InChI is InChI=1S/C7H15N2.2ClH/c1-4-6-9(2,3)7-5-8;;/h1H,5-8H2,2-3H3;2*1H/q+1;;/p-1. The summed E-state index contributed by atoms with van der Waals surface area (Å²) in [5.74, 6) is 2.61. The summed E-state index contributed by atoms with van der Waals surface area (Å²) in [6.45, 7) is 2.41. The van der Waals surface area contributed by atoms with Crippen molar-refractivity contribution in [2.45, 2.75) is 0 Å². The van der Waals surface area contributed by atoms with Crippen LogP contribution in [0.25, 0.3) is 0 Å². The Bertz CT molecular complexity index is 118. The highest BCUT2D eigenvalue weighted by molar-refractivity contribution is 5.85. The van der Waals surface area contributed by atoms with Gasteiger partial charge in [-0.25, -0.2) is 0 Å². The van der Waals surface area contributed by atoms with Gasteiger partial charge in [-0.05, 0) is 5.92 Å². The first kappa shape index (κ1) is 17.2. The molecule has 0 aromatic heterocycles. The van der Waals surface area contributed by atoms with Crippen molar-refractivity contribution in [1.82, 2.24) is 0 Å². The highest BCUT2D eigenvalue weighted by atomic mass is 35.5. The third-order valence-electron chi connectivity index (χ3n) is 1.25. The van der Waals surface area contributed by atoms with E-state index < -0.39 is 0 Å². The van der Waals surface area contributed by atoms with Crippen LogP contribution < -0.4 is 18.1 Å². The lowest BCUT2D eigenvalue weighted by Gasteiger charge is -2.26. The van der Waals surface area contributed by atoms with E-state index in [1.54, 1.807) is 0 Å². The van der Waals surface area contributed by atoms with E-state index in [9.17, 15) is 0 Å². The Labute approximate surface area is 81.5 Å². The molecular weight excluding hydrogens is 183 g/mol. The van der Waals surface area contributed by atoms with Crippen LogP contribution in [0.15, 0.2) is 0 Å². The van der Waals surface area contributed by atoms with Crippen molar-refractivity contribution in [2.24, 2.45) is 5.73 Å². The Balaban J connectivity index is -0.000000320. The third kappa shape index (κ3) is 10.1. The zero-order valence-corrected chi connectivity index (χ0v) is 8.58. The monoisotopic (exact) mass is 198 g/mol. The quantitative estimate of drug-likeness (QED) is 0.382. The summed E-state index contributed by atoms with van der Waals surface area (Å²) < 4.78 is 0.826. The molecule has 68 valence electrons. The zero-order valence-electron chi connectivity index (χ0n) is 7.01. The van der Waals surface area contributed by atoms with Crippen molar-refractivity contribution in [3.8, 4) is 12.3 Å². The summed E-state index contributed by atoms with van der Waals surface area (Å²) in [4.78, 5) is 0. The van der Waals surface area contributed by atoms with Gasteiger partial charge in [-0.15, -0.1) is 18.8 Å². The minimum Gasteiger partial charge on any atom is -1.00 e. The molecule has 0 heterocycles. The van der Waals surface area contributed by atoms with Crippen LogP contribution in [0.5, 0.6) is 0 Å². The molecule has 0 amide bonds. The summed E-state index contributed by atoms with van der Waals surface area (Å²) >= 11 is 0. The molecule has 0 radical (unpaired) electrons. The van der Waals surface area contributed by atoms with E-state index in [0.29, 0.717) is 6.54 Å². The van der Waals surface area contributed by atoms with E-state index in [0.717, 1.165) is 17.6 Å². The average molecular weight is 199 g/mol. The fourth-order valence-corrected chi connectivity index (χ4v) is 0.676. The van der Waals surface area contributed by atoms with Crippen molar-refractivity contribution in [1.29, 1.82) is 0 Å². The molecular formula is C7H16Cl2N2. The normalized spacial score (nSPS) is 8.91. The smallest absolute Gasteiger partial charge is 0.140 e. The lowest BCUT2D eigenvalue weighted by molar-refractivity contribution is -0.881. The van der Waals surface area contributed by atoms with E-state index in [4.69, 9.17) is 12.2 Å². The Hall–Kier alpha value is 0.0600. The van der Waals surface area contributed by atoms with E-state index in [1.807, 2.05) is 0 Å². The lowest BCUT2D eigenvalue weighted by Crippen LogP contribution is -3.00. The van der Waals surface area contributed by atoms with Gasteiger partial charge in [-0.1, -0.05) is 0 Å². The first-order chi connectivity index (χ1) is 4.12. The van der Waals surface area contributed by atoms with Crippen molar-refractivity contribution in [2.75, 3.05) is 33.7 Å². The number of halogens is 2. The molecule has 0 saturated carbocycles. The number of hydrogen-bond donors (Lipinski definition) is 1. The Morgan fingerprint density at radius 3 is 2.18 bits per heavy atom. The molecule has 0 aromatic rings. The van der Waals surface area contributed by atoms with Crippen LogP contribution >= 0.6 is 12.4 Å². The molecule has 0 aliphatic heterocycles. The van der Waals surface area contributed by atoms with Crippen LogP contribution in [0, 0.1) is 12.3 Å². The predicted octanol–water partition coefficient (Wildman–Crippen LogP) is -2.92. The molecule has 0 aromatic carbocycles. The van der Waals surface area contributed by atoms with Crippen LogP contribution in [0.4, 0.5) is 0 Å². The number of terminal acetylenes is 1. The molecule has 0 spiro atoms. The molecule has 0 unspecified atom stereocenters. The number of nitrogens with zero attached hydrogens (tertiary/aromatic N) is 1. The van der Waals surface area contributed by atoms with Gasteiger partial charge in [-0.3, -0.25) is 0 Å². The van der Waals surface area contributed by atoms with Crippen LogP contribution in [-0.4, -0.2) is 38.2 Å². The summed E-state index contributed by atoms with van der Waals surface area (Å²) in [6.07, 6.45) is 5.14. The molecule has 4 heteroatoms. The van der Waals surface area contributed by atoms with Gasteiger partial charge < -0.3 is 22.6 Å². The topological polar surface area (TPSA) is 26.0 Å². The van der Waals surface area contributed by atoms with Gasteiger partial charge in [0.2, 0.25) is 0 Å². The number of rotatable bonds is 3. The van der Waals surface area contributed by atoms with Crippen molar-refractivity contribution in [3.63, 3.8) is 0 Å². The minimum atomic E-state index is 0. The van der Waals surface area contributed by atoms with Gasteiger partial charge >= 0.3 is 0 Å². The second-order valence-corrected chi connectivity index (χ2v) is 2.81. The van der Waals surface area contributed by atoms with Crippen LogP contribution in [0.1, 0.15) is 0 Å². The largest absolute Gasteiger partial charge is 1.00 e. The van der Waals surface area contributed by atoms with E-state index >= 15 is 0 Å². The first-order valence-corrected chi connectivity index (χ1v) is 3.08. The number of likely N-dealkylation sites (N-methyl/N-ethyl adjacent to an activating group) is 1. The molecule has 0 saturated heterocycles. The number of nitrogens with two attached hydrogens (primary N) is 1. The van der Waals surface area contributed by atoms with Gasteiger partial charge in [0, 0.05) is 6.54 Å². The van der Waals surface area contributed by atoms with Crippen LogP contribution in [-0.2, 0) is 0 Å². The number of hydrogen-bond acceptors (Lipinski definition) is 1. The molecule has 2 nitrogen and oxygen atoms in total. The van der Waals surface area contributed by atoms with E-state index in [2.05, 4.69) is 20.0 Å². The first-order valence-electron chi connectivity index (χ1n) is 3.08. The SMILES string of the molecule is C#CC[N+](C)(C)CCN.Cl.[Cl-]. The van der Waals surface area contributed by atoms with E-state index in [-0.39, 0.29) is 24.8 Å². The molecule has 11 heavy (non-hydrogen) atoms. The van der Waals surface area contributed by atoms with Crippen LogP contribution in [0.3, 0.4) is 0 Å². The van der Waals surface area contributed by atoms with Gasteiger partial charge in [0.25, 0.3) is 0 Å². The molecule has 0 bridgehead atoms. The molecule has 0 fully saturated rings. The maximum atomic E-state index is 5.36. The van der Waals surface area contributed by atoms with Gasteiger partial charge in [0.05, 0.1) is 20.6 Å². The van der Waals surface area contributed by atoms with E-state index in [1.165, 1.54) is 0 Å². The maximum Gasteiger partial charge on any atom is 0.140 e. The summed E-state index contributed by atoms with van der Waals surface area (Å²) in [5.41, 5.74) is 5.36. The molecule has 0 atom stereocenters. The summed E-state index contributed by atoms with van der Waals surface area (Å²) in [6, 6.07) is 0. The summed E-state index contributed by atoms with van der Waals surface area (Å²) in [5, 5.41) is 0. The van der Waals surface area contributed by atoms with Gasteiger partial charge in [-0.2, -0.15) is 0 Å². The second-order valence-electron chi connectivity index (χ2n) is 2.81. The van der Waals surface area contributed by atoms with Crippen molar-refractivity contribution < 1.29 is 16.9 Å². The van der Waals surface area contributed by atoms with Crippen molar-refractivity contribution in [3.05, 3.63) is 0 Å². The Morgan fingerprint density at radius 1 is 1.45 bits per heavy atom. The molecule has 2 N–H and O–H groups in total. The Morgan fingerprint density at radius 2 is 1.91 bits per heavy atom. The molecule has 0 rings (SSSR count).